The molecule has 1 saturated heterocycles. The van der Waals surface area contributed by atoms with Crippen LogP contribution in [0, 0.1) is 5.41 Å². The zero-order valence-electron chi connectivity index (χ0n) is 13.7. The van der Waals surface area contributed by atoms with Crippen molar-refractivity contribution in [2.24, 2.45) is 5.41 Å². The van der Waals surface area contributed by atoms with Crippen molar-refractivity contribution in [2.75, 3.05) is 33.2 Å². The summed E-state index contributed by atoms with van der Waals surface area (Å²) in [5.41, 5.74) is -0.812. The van der Waals surface area contributed by atoms with Gasteiger partial charge in [-0.15, -0.1) is 0 Å². The summed E-state index contributed by atoms with van der Waals surface area (Å²) in [6, 6.07) is 0.355. The number of amides is 2. The minimum atomic E-state index is -0.821. The number of nitrogens with one attached hydrogen (secondary N) is 1. The van der Waals surface area contributed by atoms with Crippen LogP contribution >= 0.6 is 0 Å². The molecule has 0 aromatic rings. The van der Waals surface area contributed by atoms with Crippen molar-refractivity contribution in [2.45, 2.75) is 46.1 Å². The number of carbonyl (C=O) groups excluding carboxylic acids is 1. The zero-order valence-corrected chi connectivity index (χ0v) is 13.7. The molecule has 1 aliphatic heterocycles. The molecule has 2 N–H and O–H groups in total. The van der Waals surface area contributed by atoms with Crippen LogP contribution in [-0.2, 0) is 4.79 Å². The molecule has 1 heterocycles. The van der Waals surface area contributed by atoms with Gasteiger partial charge in [0.15, 0.2) is 0 Å². The molecule has 6 heteroatoms. The molecule has 0 bridgehead atoms. The van der Waals surface area contributed by atoms with E-state index in [0.29, 0.717) is 32.1 Å². The summed E-state index contributed by atoms with van der Waals surface area (Å²) in [7, 11) is 2.06. The molecular formula is C15H29N3O3. The number of hydrogen-bond donors (Lipinski definition) is 2. The molecule has 2 amide bonds. The summed E-state index contributed by atoms with van der Waals surface area (Å²) in [4.78, 5) is 27.2. The predicted octanol–water partition coefficient (Wildman–Crippen LogP) is 1.61. The summed E-state index contributed by atoms with van der Waals surface area (Å²) < 4.78 is 0. The maximum atomic E-state index is 12.1. The van der Waals surface area contributed by atoms with Gasteiger partial charge in [0.2, 0.25) is 0 Å². The average Bonchev–Trinajstić information content (AvgIpc) is 2.42. The van der Waals surface area contributed by atoms with Gasteiger partial charge in [-0.3, -0.25) is 4.79 Å². The van der Waals surface area contributed by atoms with Crippen LogP contribution in [0.4, 0.5) is 4.79 Å². The molecule has 1 fully saturated rings. The quantitative estimate of drug-likeness (QED) is 0.731. The Morgan fingerprint density at radius 3 is 2.67 bits per heavy atom. The monoisotopic (exact) mass is 299 g/mol. The van der Waals surface area contributed by atoms with Gasteiger partial charge in [-0.2, -0.15) is 0 Å². The maximum absolute atomic E-state index is 12.1. The molecule has 0 spiro atoms. The van der Waals surface area contributed by atoms with Crippen LogP contribution in [0.2, 0.25) is 0 Å². The van der Waals surface area contributed by atoms with E-state index in [-0.39, 0.29) is 6.03 Å². The van der Waals surface area contributed by atoms with Crippen molar-refractivity contribution in [1.29, 1.82) is 0 Å². The first-order chi connectivity index (χ1) is 9.76. The molecule has 1 rings (SSSR count). The second-order valence-electron chi connectivity index (χ2n) is 6.55. The van der Waals surface area contributed by atoms with Gasteiger partial charge in [-0.1, -0.05) is 0 Å². The van der Waals surface area contributed by atoms with Gasteiger partial charge in [0.1, 0.15) is 0 Å². The normalized spacial score (nSPS) is 22.7. The standard InChI is InChI=1S/C15H29N3O3/c1-12(2)17(4)9-6-8-16-14(21)18-10-5-7-15(3,11-18)13(19)20/h12H,5-11H2,1-4H3,(H,16,21)(H,19,20). The number of carbonyl (C=O) groups is 2. The SMILES string of the molecule is CC(C)N(C)CCCNC(=O)N1CCCC(C)(C(=O)O)C1. The fourth-order valence-electron chi connectivity index (χ4n) is 2.48. The molecule has 0 radical (unpaired) electrons. The first-order valence-corrected chi connectivity index (χ1v) is 7.72. The lowest BCUT2D eigenvalue weighted by atomic mass is 9.82. The Bertz CT molecular complexity index is 373. The maximum Gasteiger partial charge on any atom is 0.317 e. The number of rotatable bonds is 6. The van der Waals surface area contributed by atoms with Crippen LogP contribution in [0.1, 0.15) is 40.0 Å². The molecule has 0 aromatic carbocycles. The second-order valence-corrected chi connectivity index (χ2v) is 6.55. The van der Waals surface area contributed by atoms with Crippen LogP contribution in [0.25, 0.3) is 0 Å². The first-order valence-electron chi connectivity index (χ1n) is 7.72. The van der Waals surface area contributed by atoms with Gasteiger partial charge in [0.25, 0.3) is 0 Å². The van der Waals surface area contributed by atoms with E-state index in [9.17, 15) is 14.7 Å². The molecule has 1 unspecified atom stereocenters. The molecule has 6 nitrogen and oxygen atoms in total. The summed E-state index contributed by atoms with van der Waals surface area (Å²) in [5.74, 6) is -0.821. The van der Waals surface area contributed by atoms with E-state index in [1.54, 1.807) is 11.8 Å². The number of carboxylic acids is 1. The van der Waals surface area contributed by atoms with Crippen molar-refractivity contribution in [1.82, 2.24) is 15.1 Å². The number of urea groups is 1. The second kappa shape index (κ2) is 7.64. The molecule has 0 aromatic heterocycles. The van der Waals surface area contributed by atoms with Gasteiger partial charge in [-0.25, -0.2) is 4.79 Å². The van der Waals surface area contributed by atoms with Crippen LogP contribution in [-0.4, -0.2) is 66.2 Å². The smallest absolute Gasteiger partial charge is 0.317 e. The number of likely N-dealkylation sites (tertiary alicyclic amines) is 1. The van der Waals surface area contributed by atoms with Gasteiger partial charge >= 0.3 is 12.0 Å². The number of hydrogen-bond acceptors (Lipinski definition) is 3. The Labute approximate surface area is 127 Å². The number of piperidine rings is 1. The Morgan fingerprint density at radius 2 is 2.10 bits per heavy atom. The third kappa shape index (κ3) is 5.19. The highest BCUT2D eigenvalue weighted by Gasteiger charge is 2.39. The Morgan fingerprint density at radius 1 is 1.43 bits per heavy atom. The Balaban J connectivity index is 2.34. The fraction of sp³-hybridized carbons (Fsp3) is 0.867. The Kier molecular flexibility index (Phi) is 6.45. The van der Waals surface area contributed by atoms with Crippen molar-refractivity contribution < 1.29 is 14.7 Å². The van der Waals surface area contributed by atoms with Gasteiger partial charge < -0.3 is 20.2 Å². The van der Waals surface area contributed by atoms with Crippen LogP contribution in [0.5, 0.6) is 0 Å². The zero-order chi connectivity index (χ0) is 16.0. The molecule has 122 valence electrons. The summed E-state index contributed by atoms with van der Waals surface area (Å²) in [5, 5.41) is 12.2. The summed E-state index contributed by atoms with van der Waals surface area (Å²) >= 11 is 0. The summed E-state index contributed by atoms with van der Waals surface area (Å²) in [6.45, 7) is 8.48. The number of carboxylic acid groups (broad SMARTS) is 1. The lowest BCUT2D eigenvalue weighted by molar-refractivity contribution is -0.150. The van der Waals surface area contributed by atoms with Crippen molar-refractivity contribution in [3.05, 3.63) is 0 Å². The molecule has 0 saturated carbocycles. The molecule has 0 aliphatic carbocycles. The van der Waals surface area contributed by atoms with Crippen LogP contribution < -0.4 is 5.32 Å². The van der Waals surface area contributed by atoms with E-state index in [0.717, 1.165) is 19.4 Å². The minimum absolute atomic E-state index is 0.144. The molecular weight excluding hydrogens is 270 g/mol. The van der Waals surface area contributed by atoms with Crippen LogP contribution in [0.15, 0.2) is 0 Å². The minimum Gasteiger partial charge on any atom is -0.481 e. The highest BCUT2D eigenvalue weighted by atomic mass is 16.4. The number of aliphatic carboxylic acids is 1. The first kappa shape index (κ1) is 17.8. The molecule has 21 heavy (non-hydrogen) atoms. The van der Waals surface area contributed by atoms with Crippen LogP contribution in [0.3, 0.4) is 0 Å². The Hall–Kier alpha value is -1.30. The van der Waals surface area contributed by atoms with Crippen molar-refractivity contribution in [3.63, 3.8) is 0 Å². The summed E-state index contributed by atoms with van der Waals surface area (Å²) in [6.07, 6.45) is 2.27. The topological polar surface area (TPSA) is 72.9 Å². The fourth-order valence-corrected chi connectivity index (χ4v) is 2.48. The highest BCUT2D eigenvalue weighted by Crippen LogP contribution is 2.29. The van der Waals surface area contributed by atoms with E-state index in [1.807, 2.05) is 0 Å². The van der Waals surface area contributed by atoms with Gasteiger partial charge in [-0.05, 0) is 53.6 Å². The number of nitrogens with zero attached hydrogens (tertiary/aromatic N) is 2. The van der Waals surface area contributed by atoms with E-state index in [1.165, 1.54) is 0 Å². The largest absolute Gasteiger partial charge is 0.481 e. The van der Waals surface area contributed by atoms with Crippen molar-refractivity contribution >= 4 is 12.0 Å². The average molecular weight is 299 g/mol. The third-order valence-corrected chi connectivity index (χ3v) is 4.35. The van der Waals surface area contributed by atoms with E-state index >= 15 is 0 Å². The predicted molar refractivity (Wildman–Crippen MR) is 82.3 cm³/mol. The third-order valence-electron chi connectivity index (χ3n) is 4.35. The van der Waals surface area contributed by atoms with E-state index < -0.39 is 11.4 Å². The lowest BCUT2D eigenvalue weighted by Gasteiger charge is -2.37. The van der Waals surface area contributed by atoms with Gasteiger partial charge in [0, 0.05) is 25.7 Å². The lowest BCUT2D eigenvalue weighted by Crippen LogP contribution is -2.51. The molecule has 1 atom stereocenters. The highest BCUT2D eigenvalue weighted by molar-refractivity contribution is 5.78. The van der Waals surface area contributed by atoms with E-state index in [2.05, 4.69) is 31.1 Å². The van der Waals surface area contributed by atoms with Gasteiger partial charge in [0.05, 0.1) is 5.41 Å². The van der Waals surface area contributed by atoms with Crippen molar-refractivity contribution in [3.8, 4) is 0 Å². The molecule has 1 aliphatic rings. The van der Waals surface area contributed by atoms with E-state index in [4.69, 9.17) is 0 Å².